The highest BCUT2D eigenvalue weighted by atomic mass is 127. The van der Waals surface area contributed by atoms with Crippen molar-refractivity contribution in [1.29, 1.82) is 0 Å². The molecule has 1 heterocycles. The number of piperazine rings is 1. The van der Waals surface area contributed by atoms with Crippen LogP contribution in [0.25, 0.3) is 0 Å². The molecule has 1 fully saturated rings. The highest BCUT2D eigenvalue weighted by Crippen LogP contribution is 2.23. The third-order valence-corrected chi connectivity index (χ3v) is 4.31. The summed E-state index contributed by atoms with van der Waals surface area (Å²) in [4.78, 5) is 36.2. The summed E-state index contributed by atoms with van der Waals surface area (Å²) in [6.45, 7) is 2.63. The molecule has 0 radical (unpaired) electrons. The van der Waals surface area contributed by atoms with Crippen molar-refractivity contribution in [1.82, 2.24) is 10.2 Å². The lowest BCUT2D eigenvalue weighted by Gasteiger charge is -2.34. The number of carbonyl (C=O) groups is 2. The summed E-state index contributed by atoms with van der Waals surface area (Å²) < 4.78 is 0.629. The largest absolute Gasteiger partial charge is 0.353 e. The molecule has 1 aromatic rings. The molecular formula is C13H14IN3O4. The summed E-state index contributed by atoms with van der Waals surface area (Å²) in [6.07, 6.45) is 0.503. The van der Waals surface area contributed by atoms with E-state index in [-0.39, 0.29) is 23.1 Å². The van der Waals surface area contributed by atoms with Crippen molar-refractivity contribution in [3.8, 4) is 0 Å². The van der Waals surface area contributed by atoms with Crippen molar-refractivity contribution < 1.29 is 14.5 Å². The Morgan fingerprint density at radius 1 is 1.57 bits per heavy atom. The molecular weight excluding hydrogens is 389 g/mol. The Hall–Kier alpha value is -1.71. The predicted octanol–water partition coefficient (Wildman–Crippen LogP) is 1.55. The maximum Gasteiger partial charge on any atom is 0.270 e. The Morgan fingerprint density at radius 3 is 2.90 bits per heavy atom. The zero-order chi connectivity index (χ0) is 15.6. The van der Waals surface area contributed by atoms with Crippen molar-refractivity contribution in [3.63, 3.8) is 0 Å². The Morgan fingerprint density at radius 2 is 2.29 bits per heavy atom. The van der Waals surface area contributed by atoms with Gasteiger partial charge in [0.2, 0.25) is 5.91 Å². The molecule has 0 saturated carbocycles. The average Bonchev–Trinajstić information content (AvgIpc) is 2.46. The second kappa shape index (κ2) is 6.37. The number of rotatable bonds is 3. The standard InChI is InChI=1S/C13H14IN3O4/c1-2-11-12(18)15-5-6-16(11)13(19)9-7-8(17(20)21)3-4-10(9)14/h3-4,7,11H,2,5-6H2,1H3,(H,15,18). The predicted molar refractivity (Wildman–Crippen MR) is 83.9 cm³/mol. The molecule has 1 aliphatic heterocycles. The second-order valence-electron chi connectivity index (χ2n) is 4.63. The molecule has 1 N–H and O–H groups in total. The van der Waals surface area contributed by atoms with Gasteiger partial charge in [0.05, 0.1) is 10.5 Å². The molecule has 8 heteroatoms. The van der Waals surface area contributed by atoms with Crippen LogP contribution in [-0.4, -0.2) is 40.8 Å². The topological polar surface area (TPSA) is 92.6 Å². The second-order valence-corrected chi connectivity index (χ2v) is 5.80. The van der Waals surface area contributed by atoms with Gasteiger partial charge in [-0.25, -0.2) is 0 Å². The van der Waals surface area contributed by atoms with E-state index in [0.29, 0.717) is 23.1 Å². The van der Waals surface area contributed by atoms with E-state index >= 15 is 0 Å². The van der Waals surface area contributed by atoms with E-state index in [9.17, 15) is 19.7 Å². The molecule has 0 bridgehead atoms. The quantitative estimate of drug-likeness (QED) is 0.471. The summed E-state index contributed by atoms with van der Waals surface area (Å²) in [6, 6.07) is 3.64. The third kappa shape index (κ3) is 3.14. The van der Waals surface area contributed by atoms with E-state index in [1.165, 1.54) is 23.1 Å². The van der Waals surface area contributed by atoms with E-state index in [1.54, 1.807) is 0 Å². The zero-order valence-electron chi connectivity index (χ0n) is 11.3. The molecule has 0 aliphatic carbocycles. The molecule has 112 valence electrons. The van der Waals surface area contributed by atoms with E-state index in [4.69, 9.17) is 0 Å². The van der Waals surface area contributed by atoms with Gasteiger partial charge < -0.3 is 10.2 Å². The van der Waals surface area contributed by atoms with Crippen LogP contribution in [0.3, 0.4) is 0 Å². The smallest absolute Gasteiger partial charge is 0.270 e. The van der Waals surface area contributed by atoms with Crippen molar-refractivity contribution in [3.05, 3.63) is 37.4 Å². The monoisotopic (exact) mass is 403 g/mol. The Bertz CT molecular complexity index is 605. The van der Waals surface area contributed by atoms with Crippen molar-refractivity contribution >= 4 is 40.1 Å². The van der Waals surface area contributed by atoms with Crippen LogP contribution in [-0.2, 0) is 4.79 Å². The molecule has 21 heavy (non-hydrogen) atoms. The molecule has 1 atom stereocenters. The molecule has 2 amide bonds. The molecule has 7 nitrogen and oxygen atoms in total. The first kappa shape index (κ1) is 15.7. The van der Waals surface area contributed by atoms with Crippen LogP contribution in [0.5, 0.6) is 0 Å². The van der Waals surface area contributed by atoms with Gasteiger partial charge in [-0.1, -0.05) is 6.92 Å². The van der Waals surface area contributed by atoms with Crippen LogP contribution in [0, 0.1) is 13.7 Å². The number of nitrogens with one attached hydrogen (secondary N) is 1. The number of carbonyl (C=O) groups excluding carboxylic acids is 2. The molecule has 1 saturated heterocycles. The summed E-state index contributed by atoms with van der Waals surface area (Å²) in [7, 11) is 0. The van der Waals surface area contributed by atoms with E-state index in [1.807, 2.05) is 29.5 Å². The summed E-state index contributed by atoms with van der Waals surface area (Å²) >= 11 is 1.97. The first-order chi connectivity index (χ1) is 9.95. The van der Waals surface area contributed by atoms with Crippen molar-refractivity contribution in [2.75, 3.05) is 13.1 Å². The molecule has 0 aromatic heterocycles. The number of halogens is 1. The van der Waals surface area contributed by atoms with Gasteiger partial charge in [0, 0.05) is 28.8 Å². The van der Waals surface area contributed by atoms with Gasteiger partial charge in [0.1, 0.15) is 6.04 Å². The van der Waals surface area contributed by atoms with E-state index in [0.717, 1.165) is 0 Å². The highest BCUT2D eigenvalue weighted by molar-refractivity contribution is 14.1. The van der Waals surface area contributed by atoms with Crippen molar-refractivity contribution in [2.45, 2.75) is 19.4 Å². The van der Waals surface area contributed by atoms with Crippen LogP contribution >= 0.6 is 22.6 Å². The number of nitrogens with zero attached hydrogens (tertiary/aromatic N) is 2. The van der Waals surface area contributed by atoms with Crippen molar-refractivity contribution in [2.24, 2.45) is 0 Å². The summed E-state index contributed by atoms with van der Waals surface area (Å²) in [5.74, 6) is -0.526. The Balaban J connectivity index is 2.36. The normalized spacial score (nSPS) is 18.3. The van der Waals surface area contributed by atoms with Gasteiger partial charge >= 0.3 is 0 Å². The van der Waals surface area contributed by atoms with Crippen LogP contribution < -0.4 is 5.32 Å². The first-order valence-corrected chi connectivity index (χ1v) is 7.56. The molecule has 0 spiro atoms. The third-order valence-electron chi connectivity index (χ3n) is 3.37. The minimum absolute atomic E-state index is 0.131. The maximum absolute atomic E-state index is 12.6. The average molecular weight is 403 g/mol. The van der Waals surface area contributed by atoms with Crippen LogP contribution in [0.4, 0.5) is 5.69 Å². The minimum atomic E-state index is -0.535. The van der Waals surface area contributed by atoms with Gasteiger partial charge in [-0.3, -0.25) is 19.7 Å². The van der Waals surface area contributed by atoms with Gasteiger partial charge in [-0.15, -0.1) is 0 Å². The van der Waals surface area contributed by atoms with Crippen LogP contribution in [0.2, 0.25) is 0 Å². The maximum atomic E-state index is 12.6. The lowest BCUT2D eigenvalue weighted by Crippen LogP contribution is -2.57. The SMILES string of the molecule is CCC1C(=O)NCCN1C(=O)c1cc([N+](=O)[O-])ccc1I. The molecule has 1 aromatic carbocycles. The zero-order valence-corrected chi connectivity index (χ0v) is 13.5. The fraction of sp³-hybridized carbons (Fsp3) is 0.385. The molecule has 2 rings (SSSR count). The highest BCUT2D eigenvalue weighted by Gasteiger charge is 2.33. The Kier molecular flexibility index (Phi) is 4.76. The summed E-state index contributed by atoms with van der Waals surface area (Å²) in [5.41, 5.74) is 0.131. The van der Waals surface area contributed by atoms with Gasteiger partial charge in [-0.05, 0) is 35.1 Å². The van der Waals surface area contributed by atoms with Crippen LogP contribution in [0.1, 0.15) is 23.7 Å². The fourth-order valence-electron chi connectivity index (χ4n) is 2.31. The number of nitro benzene ring substituents is 1. The minimum Gasteiger partial charge on any atom is -0.353 e. The molecule has 1 aliphatic rings. The fourth-order valence-corrected chi connectivity index (χ4v) is 2.88. The number of hydrogen-bond donors (Lipinski definition) is 1. The number of hydrogen-bond acceptors (Lipinski definition) is 4. The lowest BCUT2D eigenvalue weighted by molar-refractivity contribution is -0.384. The number of non-ortho nitro benzene ring substituents is 1. The van der Waals surface area contributed by atoms with Gasteiger partial charge in [0.25, 0.3) is 11.6 Å². The van der Waals surface area contributed by atoms with Gasteiger partial charge in [-0.2, -0.15) is 0 Å². The number of benzene rings is 1. The van der Waals surface area contributed by atoms with Crippen LogP contribution in [0.15, 0.2) is 18.2 Å². The van der Waals surface area contributed by atoms with E-state index in [2.05, 4.69) is 5.32 Å². The van der Waals surface area contributed by atoms with E-state index < -0.39 is 11.0 Å². The van der Waals surface area contributed by atoms with Gasteiger partial charge in [0.15, 0.2) is 0 Å². The molecule has 1 unspecified atom stereocenters. The summed E-state index contributed by atoms with van der Waals surface area (Å²) in [5, 5.41) is 13.6. The lowest BCUT2D eigenvalue weighted by atomic mass is 10.1. The number of nitro groups is 1. The number of amides is 2. The Labute approximate surface area is 135 Å². The first-order valence-electron chi connectivity index (χ1n) is 6.48.